The van der Waals surface area contributed by atoms with Crippen LogP contribution in [-0.2, 0) is 11.3 Å². The van der Waals surface area contributed by atoms with Crippen LogP contribution in [0.25, 0.3) is 0 Å². The summed E-state index contributed by atoms with van der Waals surface area (Å²) in [6, 6.07) is 6.35. The van der Waals surface area contributed by atoms with E-state index in [9.17, 15) is 18.0 Å². The Hall–Kier alpha value is -2.88. The van der Waals surface area contributed by atoms with Crippen LogP contribution in [0.15, 0.2) is 36.7 Å². The molecule has 1 spiro atoms. The summed E-state index contributed by atoms with van der Waals surface area (Å²) in [7, 11) is 0. The maximum absolute atomic E-state index is 13.1. The zero-order valence-electron chi connectivity index (χ0n) is 19.9. The fourth-order valence-electron chi connectivity index (χ4n) is 5.77. The van der Waals surface area contributed by atoms with E-state index in [-0.39, 0.29) is 41.1 Å². The van der Waals surface area contributed by atoms with Gasteiger partial charge in [-0.15, -0.1) is 0 Å². The van der Waals surface area contributed by atoms with Crippen molar-refractivity contribution in [2.45, 2.75) is 57.8 Å². The molecule has 188 valence electrons. The molecule has 1 aromatic heterocycles. The summed E-state index contributed by atoms with van der Waals surface area (Å²) in [5.74, 6) is 0.164. The molecule has 2 atom stereocenters. The quantitative estimate of drug-likeness (QED) is 0.626. The minimum absolute atomic E-state index is 0.0712. The Kier molecular flexibility index (Phi) is 6.33. The van der Waals surface area contributed by atoms with Crippen LogP contribution in [0.4, 0.5) is 23.9 Å². The number of nitrogens with zero attached hydrogens (tertiary/aromatic N) is 5. The first-order chi connectivity index (χ1) is 16.7. The van der Waals surface area contributed by atoms with Gasteiger partial charge >= 0.3 is 6.09 Å². The van der Waals surface area contributed by atoms with Crippen molar-refractivity contribution in [1.82, 2.24) is 19.8 Å². The molecule has 3 heterocycles. The predicted octanol–water partition coefficient (Wildman–Crippen LogP) is 4.25. The van der Waals surface area contributed by atoms with E-state index in [0.717, 1.165) is 50.4 Å². The van der Waals surface area contributed by atoms with Crippen LogP contribution in [0.2, 0.25) is 0 Å². The topological polar surface area (TPSA) is 61.8 Å². The summed E-state index contributed by atoms with van der Waals surface area (Å²) in [6.45, 7) is 7.63. The molecule has 0 radical (unpaired) electrons. The molecule has 0 bridgehead atoms. The fraction of sp³-hybridized carbons (Fsp3) is 0.560. The number of aromatic nitrogens is 2. The number of carbonyl (C=O) groups is 1. The molecule has 1 aromatic carbocycles. The average molecular weight is 490 g/mol. The van der Waals surface area contributed by atoms with Crippen molar-refractivity contribution >= 4 is 12.0 Å². The molecular formula is C25H30F3N5O2. The first kappa shape index (κ1) is 23.8. The molecule has 2 aromatic rings. The molecular weight excluding hydrogens is 459 g/mol. The number of hydrogen-bond donors (Lipinski definition) is 0. The maximum Gasteiger partial charge on any atom is 0.410 e. The summed E-state index contributed by atoms with van der Waals surface area (Å²) in [4.78, 5) is 27.1. The summed E-state index contributed by atoms with van der Waals surface area (Å²) < 4.78 is 44.5. The van der Waals surface area contributed by atoms with Gasteiger partial charge in [0, 0.05) is 50.5 Å². The first-order valence-electron chi connectivity index (χ1n) is 12.0. The van der Waals surface area contributed by atoms with Gasteiger partial charge in [0.2, 0.25) is 5.95 Å². The predicted molar refractivity (Wildman–Crippen MR) is 124 cm³/mol. The Labute approximate surface area is 202 Å². The van der Waals surface area contributed by atoms with Crippen molar-refractivity contribution in [3.63, 3.8) is 0 Å². The first-order valence-corrected chi connectivity index (χ1v) is 12.0. The van der Waals surface area contributed by atoms with Crippen molar-refractivity contribution in [3.8, 4) is 0 Å². The van der Waals surface area contributed by atoms with Gasteiger partial charge in [0.15, 0.2) is 0 Å². The largest absolute Gasteiger partial charge is 0.446 e. The highest BCUT2D eigenvalue weighted by Crippen LogP contribution is 2.50. The molecule has 35 heavy (non-hydrogen) atoms. The lowest BCUT2D eigenvalue weighted by molar-refractivity contribution is -0.137. The summed E-state index contributed by atoms with van der Waals surface area (Å²) in [5, 5.41) is 0. The van der Waals surface area contributed by atoms with E-state index in [4.69, 9.17) is 4.74 Å². The third-order valence-electron chi connectivity index (χ3n) is 7.35. The van der Waals surface area contributed by atoms with Crippen molar-refractivity contribution < 1.29 is 22.7 Å². The third kappa shape index (κ3) is 4.94. The molecule has 3 aliphatic rings. The molecule has 3 fully saturated rings. The zero-order valence-corrected chi connectivity index (χ0v) is 19.9. The number of piperazine rings is 1. The Morgan fingerprint density at radius 1 is 1.09 bits per heavy atom. The smallest absolute Gasteiger partial charge is 0.410 e. The highest BCUT2D eigenvalue weighted by atomic mass is 19.3. The lowest BCUT2D eigenvalue weighted by Gasteiger charge is -2.58. The molecule has 0 unspecified atom stereocenters. The number of likely N-dealkylation sites (tertiary alicyclic amines) is 1. The average Bonchev–Trinajstić information content (AvgIpc) is 2.77. The monoisotopic (exact) mass is 489 g/mol. The zero-order chi connectivity index (χ0) is 24.7. The number of hydrogen-bond acceptors (Lipinski definition) is 6. The summed E-state index contributed by atoms with van der Waals surface area (Å²) in [6.07, 6.45) is 1.06. The van der Waals surface area contributed by atoms with Gasteiger partial charge < -0.3 is 9.64 Å². The van der Waals surface area contributed by atoms with Crippen LogP contribution in [0, 0.1) is 11.2 Å². The molecule has 7 nitrogen and oxygen atoms in total. The van der Waals surface area contributed by atoms with Crippen molar-refractivity contribution in [1.29, 1.82) is 0 Å². The van der Waals surface area contributed by atoms with Crippen molar-refractivity contribution in [3.05, 3.63) is 53.6 Å². The SMILES string of the molecule is C[C@@H]1CN(c2ncc(C(F)F)cn2)C[C@H](C)N1C(=O)OC1CC2(C1)CN(Cc1ccc(F)cc1)C2. The molecule has 1 amide bonds. The van der Waals surface area contributed by atoms with E-state index in [1.807, 2.05) is 30.9 Å². The Morgan fingerprint density at radius 3 is 2.26 bits per heavy atom. The Balaban J connectivity index is 1.08. The molecule has 2 saturated heterocycles. The van der Waals surface area contributed by atoms with Gasteiger partial charge in [0.05, 0.1) is 17.6 Å². The van der Waals surface area contributed by atoms with Gasteiger partial charge in [-0.05, 0) is 44.4 Å². The number of carbonyl (C=O) groups excluding carboxylic acids is 1. The highest BCUT2D eigenvalue weighted by Gasteiger charge is 2.54. The Morgan fingerprint density at radius 2 is 1.69 bits per heavy atom. The van der Waals surface area contributed by atoms with E-state index >= 15 is 0 Å². The van der Waals surface area contributed by atoms with Crippen molar-refractivity contribution in [2.75, 3.05) is 31.1 Å². The minimum Gasteiger partial charge on any atom is -0.446 e. The molecule has 0 N–H and O–H groups in total. The van der Waals surface area contributed by atoms with E-state index < -0.39 is 6.43 Å². The lowest BCUT2D eigenvalue weighted by Crippen LogP contribution is -2.65. The van der Waals surface area contributed by atoms with Gasteiger partial charge in [-0.1, -0.05) is 12.1 Å². The number of anilines is 1. The number of amides is 1. The summed E-state index contributed by atoms with van der Waals surface area (Å²) in [5.41, 5.74) is 1.12. The van der Waals surface area contributed by atoms with Crippen LogP contribution in [0.3, 0.4) is 0 Å². The summed E-state index contributed by atoms with van der Waals surface area (Å²) >= 11 is 0. The van der Waals surface area contributed by atoms with E-state index in [1.165, 1.54) is 12.1 Å². The normalized spacial score (nSPS) is 24.4. The number of rotatable bonds is 5. The minimum atomic E-state index is -2.60. The highest BCUT2D eigenvalue weighted by molar-refractivity contribution is 5.69. The third-order valence-corrected chi connectivity index (χ3v) is 7.35. The second kappa shape index (κ2) is 9.29. The van der Waals surface area contributed by atoms with E-state index in [1.54, 1.807) is 4.90 Å². The number of alkyl halides is 2. The van der Waals surface area contributed by atoms with E-state index in [0.29, 0.717) is 19.0 Å². The van der Waals surface area contributed by atoms with Crippen LogP contribution >= 0.6 is 0 Å². The van der Waals surface area contributed by atoms with Gasteiger partial charge in [-0.25, -0.2) is 27.9 Å². The molecule has 1 saturated carbocycles. The Bertz CT molecular complexity index is 1030. The maximum atomic E-state index is 13.1. The number of ether oxygens (including phenoxy) is 1. The molecule has 1 aliphatic carbocycles. The number of halogens is 3. The second-order valence-electron chi connectivity index (χ2n) is 10.3. The molecule has 5 rings (SSSR count). The number of benzene rings is 1. The lowest BCUT2D eigenvalue weighted by atomic mass is 9.61. The van der Waals surface area contributed by atoms with Gasteiger partial charge in [0.1, 0.15) is 11.9 Å². The van der Waals surface area contributed by atoms with Gasteiger partial charge in [0.25, 0.3) is 6.43 Å². The van der Waals surface area contributed by atoms with E-state index in [2.05, 4.69) is 14.9 Å². The van der Waals surface area contributed by atoms with Crippen LogP contribution in [0.1, 0.15) is 44.2 Å². The molecule has 10 heteroatoms. The van der Waals surface area contributed by atoms with Crippen LogP contribution in [0.5, 0.6) is 0 Å². The fourth-order valence-corrected chi connectivity index (χ4v) is 5.77. The van der Waals surface area contributed by atoms with Crippen LogP contribution in [-0.4, -0.2) is 70.2 Å². The standard InChI is InChI=1S/C25H30F3N5O2/c1-16-11-32(23-29-9-19(10-30-23)22(27)28)12-17(2)33(16)24(34)35-21-7-25(8-21)14-31(15-25)13-18-3-5-20(26)6-4-18/h3-6,9-10,16-17,21-22H,7-8,11-15H2,1-2H3/t16-,17+. The van der Waals surface area contributed by atoms with Crippen molar-refractivity contribution in [2.24, 2.45) is 5.41 Å². The molecule has 2 aliphatic heterocycles. The van der Waals surface area contributed by atoms with Gasteiger partial charge in [-0.3, -0.25) is 9.80 Å². The second-order valence-corrected chi connectivity index (χ2v) is 10.3. The van der Waals surface area contributed by atoms with Gasteiger partial charge in [-0.2, -0.15) is 0 Å². The van der Waals surface area contributed by atoms with Crippen LogP contribution < -0.4 is 4.90 Å².